The van der Waals surface area contributed by atoms with E-state index in [1.165, 1.54) is 11.0 Å². The number of rotatable bonds is 3. The number of aromatic nitrogens is 1. The van der Waals surface area contributed by atoms with Crippen LogP contribution < -0.4 is 5.32 Å². The number of halogens is 1. The number of aryl methyl sites for hydroxylation is 2. The molecule has 0 saturated heterocycles. The van der Waals surface area contributed by atoms with Gasteiger partial charge >= 0.3 is 6.03 Å². The average molecular weight is 277 g/mol. The zero-order valence-electron chi connectivity index (χ0n) is 11.6. The second-order valence-electron chi connectivity index (χ2n) is 4.70. The minimum Gasteiger partial charge on any atom is -0.361 e. The van der Waals surface area contributed by atoms with Crippen LogP contribution in [0.15, 0.2) is 28.8 Å². The van der Waals surface area contributed by atoms with E-state index in [4.69, 9.17) is 4.52 Å². The Labute approximate surface area is 116 Å². The van der Waals surface area contributed by atoms with Crippen LogP contribution in [0.5, 0.6) is 0 Å². The molecule has 0 spiro atoms. The summed E-state index contributed by atoms with van der Waals surface area (Å²) < 4.78 is 18.5. The number of hydrogen-bond acceptors (Lipinski definition) is 3. The summed E-state index contributed by atoms with van der Waals surface area (Å²) >= 11 is 0. The third kappa shape index (κ3) is 3.34. The number of amides is 2. The molecular formula is C14H16FN3O2. The van der Waals surface area contributed by atoms with Crippen molar-refractivity contribution in [2.45, 2.75) is 20.4 Å². The Balaban J connectivity index is 2.02. The standard InChI is InChI=1S/C14H16FN3O2/c1-9-4-5-12(15)13(6-9)16-14(19)18(3)8-11-7-10(2)20-17-11/h4-7H,8H2,1-3H3,(H,16,19). The van der Waals surface area contributed by atoms with Crippen LogP contribution in [-0.4, -0.2) is 23.1 Å². The van der Waals surface area contributed by atoms with Crippen LogP contribution in [-0.2, 0) is 6.54 Å². The van der Waals surface area contributed by atoms with E-state index >= 15 is 0 Å². The lowest BCUT2D eigenvalue weighted by Gasteiger charge is -2.17. The van der Waals surface area contributed by atoms with E-state index in [2.05, 4.69) is 10.5 Å². The Hall–Kier alpha value is -2.37. The molecule has 6 heteroatoms. The molecule has 0 fully saturated rings. The van der Waals surface area contributed by atoms with Gasteiger partial charge in [0.25, 0.3) is 0 Å². The molecule has 1 heterocycles. The fourth-order valence-electron chi connectivity index (χ4n) is 1.75. The molecule has 2 amide bonds. The van der Waals surface area contributed by atoms with Crippen LogP contribution in [0, 0.1) is 19.7 Å². The fraction of sp³-hybridized carbons (Fsp3) is 0.286. The second-order valence-corrected chi connectivity index (χ2v) is 4.70. The maximum absolute atomic E-state index is 13.6. The van der Waals surface area contributed by atoms with Gasteiger partial charge in [0.15, 0.2) is 0 Å². The molecule has 0 aliphatic carbocycles. The van der Waals surface area contributed by atoms with Crippen LogP contribution in [0.1, 0.15) is 17.0 Å². The highest BCUT2D eigenvalue weighted by molar-refractivity contribution is 5.89. The Morgan fingerprint density at radius 2 is 2.15 bits per heavy atom. The molecule has 1 aromatic heterocycles. The van der Waals surface area contributed by atoms with Gasteiger partial charge < -0.3 is 14.7 Å². The van der Waals surface area contributed by atoms with Crippen molar-refractivity contribution < 1.29 is 13.7 Å². The molecule has 5 nitrogen and oxygen atoms in total. The summed E-state index contributed by atoms with van der Waals surface area (Å²) in [5.41, 5.74) is 1.68. The molecular weight excluding hydrogens is 261 g/mol. The highest BCUT2D eigenvalue weighted by atomic mass is 19.1. The highest BCUT2D eigenvalue weighted by Gasteiger charge is 2.13. The second kappa shape index (κ2) is 5.73. The number of carbonyl (C=O) groups is 1. The summed E-state index contributed by atoms with van der Waals surface area (Å²) in [7, 11) is 1.60. The molecule has 1 aromatic carbocycles. The Morgan fingerprint density at radius 1 is 1.40 bits per heavy atom. The van der Waals surface area contributed by atoms with Gasteiger partial charge in [-0.3, -0.25) is 0 Å². The molecule has 20 heavy (non-hydrogen) atoms. The lowest BCUT2D eigenvalue weighted by Crippen LogP contribution is -2.31. The summed E-state index contributed by atoms with van der Waals surface area (Å²) in [5.74, 6) is 0.216. The third-order valence-corrected chi connectivity index (χ3v) is 2.79. The summed E-state index contributed by atoms with van der Waals surface area (Å²) in [5, 5.41) is 6.34. The van der Waals surface area contributed by atoms with Crippen molar-refractivity contribution in [1.82, 2.24) is 10.1 Å². The first-order valence-electron chi connectivity index (χ1n) is 6.16. The number of benzene rings is 1. The Bertz CT molecular complexity index is 625. The fourth-order valence-corrected chi connectivity index (χ4v) is 1.75. The number of hydrogen-bond donors (Lipinski definition) is 1. The molecule has 0 aliphatic heterocycles. The molecule has 2 aromatic rings. The summed E-state index contributed by atoms with van der Waals surface area (Å²) in [6.07, 6.45) is 0. The topological polar surface area (TPSA) is 58.4 Å². The molecule has 0 atom stereocenters. The minimum atomic E-state index is -0.463. The normalized spacial score (nSPS) is 10.4. The summed E-state index contributed by atoms with van der Waals surface area (Å²) in [6.45, 7) is 3.90. The molecule has 2 rings (SSSR count). The predicted molar refractivity (Wildman–Crippen MR) is 72.9 cm³/mol. The van der Waals surface area contributed by atoms with E-state index in [0.29, 0.717) is 11.5 Å². The van der Waals surface area contributed by atoms with Gasteiger partial charge in [-0.05, 0) is 31.5 Å². The monoisotopic (exact) mass is 277 g/mol. The van der Waals surface area contributed by atoms with Crippen molar-refractivity contribution in [3.63, 3.8) is 0 Å². The minimum absolute atomic E-state index is 0.165. The molecule has 1 N–H and O–H groups in total. The third-order valence-electron chi connectivity index (χ3n) is 2.79. The van der Waals surface area contributed by atoms with Crippen molar-refractivity contribution in [3.8, 4) is 0 Å². The molecule has 106 valence electrons. The van der Waals surface area contributed by atoms with Crippen molar-refractivity contribution in [2.75, 3.05) is 12.4 Å². The first kappa shape index (κ1) is 14.0. The van der Waals surface area contributed by atoms with Crippen molar-refractivity contribution in [3.05, 3.63) is 47.1 Å². The largest absolute Gasteiger partial charge is 0.361 e. The number of carbonyl (C=O) groups excluding carboxylic acids is 1. The van der Waals surface area contributed by atoms with Gasteiger partial charge in [0, 0.05) is 13.1 Å². The van der Waals surface area contributed by atoms with Crippen molar-refractivity contribution in [1.29, 1.82) is 0 Å². The van der Waals surface area contributed by atoms with E-state index in [9.17, 15) is 9.18 Å². The van der Waals surface area contributed by atoms with E-state index < -0.39 is 11.8 Å². The number of nitrogens with zero attached hydrogens (tertiary/aromatic N) is 2. The summed E-state index contributed by atoms with van der Waals surface area (Å²) in [6, 6.07) is 5.90. The predicted octanol–water partition coefficient (Wildman–Crippen LogP) is 3.09. The maximum atomic E-state index is 13.6. The number of urea groups is 1. The van der Waals surface area contributed by atoms with Crippen LogP contribution >= 0.6 is 0 Å². The van der Waals surface area contributed by atoms with Gasteiger partial charge in [0.05, 0.1) is 12.2 Å². The quantitative estimate of drug-likeness (QED) is 0.937. The van der Waals surface area contributed by atoms with Gasteiger partial charge in [0.1, 0.15) is 17.3 Å². The van der Waals surface area contributed by atoms with E-state index in [1.54, 1.807) is 32.2 Å². The van der Waals surface area contributed by atoms with Gasteiger partial charge in [-0.2, -0.15) is 0 Å². The molecule has 0 unspecified atom stereocenters. The lowest BCUT2D eigenvalue weighted by molar-refractivity contribution is 0.219. The van der Waals surface area contributed by atoms with Gasteiger partial charge in [-0.1, -0.05) is 11.2 Å². The van der Waals surface area contributed by atoms with Crippen molar-refractivity contribution in [2.24, 2.45) is 0 Å². The smallest absolute Gasteiger partial charge is 0.322 e. The molecule has 0 bridgehead atoms. The molecule has 0 saturated carbocycles. The van der Waals surface area contributed by atoms with Gasteiger partial charge in [0.2, 0.25) is 0 Å². The van der Waals surface area contributed by atoms with Crippen LogP contribution in [0.3, 0.4) is 0 Å². The highest BCUT2D eigenvalue weighted by Crippen LogP contribution is 2.16. The van der Waals surface area contributed by atoms with Gasteiger partial charge in [-0.15, -0.1) is 0 Å². The van der Waals surface area contributed by atoms with E-state index in [1.807, 2.05) is 6.92 Å². The number of nitrogens with one attached hydrogen (secondary N) is 1. The first-order chi connectivity index (χ1) is 9.45. The zero-order valence-corrected chi connectivity index (χ0v) is 11.6. The van der Waals surface area contributed by atoms with Crippen molar-refractivity contribution >= 4 is 11.7 Å². The Kier molecular flexibility index (Phi) is 4.02. The first-order valence-corrected chi connectivity index (χ1v) is 6.16. The maximum Gasteiger partial charge on any atom is 0.322 e. The van der Waals surface area contributed by atoms with E-state index in [0.717, 1.165) is 5.56 Å². The van der Waals surface area contributed by atoms with Crippen LogP contribution in [0.25, 0.3) is 0 Å². The number of anilines is 1. The molecule has 0 radical (unpaired) electrons. The van der Waals surface area contributed by atoms with Crippen LogP contribution in [0.4, 0.5) is 14.9 Å². The summed E-state index contributed by atoms with van der Waals surface area (Å²) in [4.78, 5) is 13.4. The average Bonchev–Trinajstić information content (AvgIpc) is 2.79. The SMILES string of the molecule is Cc1ccc(F)c(NC(=O)N(C)Cc2cc(C)on2)c1. The van der Waals surface area contributed by atoms with E-state index in [-0.39, 0.29) is 12.2 Å². The Morgan fingerprint density at radius 3 is 2.80 bits per heavy atom. The van der Waals surface area contributed by atoms with Gasteiger partial charge in [-0.25, -0.2) is 9.18 Å². The zero-order chi connectivity index (χ0) is 14.7. The lowest BCUT2D eigenvalue weighted by atomic mass is 10.2. The van der Waals surface area contributed by atoms with Crippen LogP contribution in [0.2, 0.25) is 0 Å². The molecule has 0 aliphatic rings.